The molecule has 2 aliphatic rings. The zero-order valence-electron chi connectivity index (χ0n) is 24.7. The fourth-order valence-corrected chi connectivity index (χ4v) is 6.62. The summed E-state index contributed by atoms with van der Waals surface area (Å²) in [7, 11) is 0. The van der Waals surface area contributed by atoms with Gasteiger partial charge in [-0.05, 0) is 68.8 Å². The van der Waals surface area contributed by atoms with Crippen molar-refractivity contribution in [3.05, 3.63) is 70.8 Å². The minimum atomic E-state index is -0.108. The lowest BCUT2D eigenvalue weighted by Gasteiger charge is -2.39. The third-order valence-electron chi connectivity index (χ3n) is 8.88. The predicted molar refractivity (Wildman–Crippen MR) is 167 cm³/mol. The Balaban J connectivity index is 1.15. The van der Waals surface area contributed by atoms with Crippen LogP contribution in [0.5, 0.6) is 5.75 Å². The number of Topliss-reactive ketones (excluding diaryl/α,β-unsaturated/α-hetero) is 1. The summed E-state index contributed by atoms with van der Waals surface area (Å²) in [6.45, 7) is 9.40. The number of rotatable bonds is 9. The number of pyridine rings is 1. The Morgan fingerprint density at radius 3 is 2.60 bits per heavy atom. The number of carbonyl (C=O) groups excluding carboxylic acids is 1. The maximum Gasteiger partial charge on any atom is 0.165 e. The largest absolute Gasteiger partial charge is 0.491 e. The lowest BCUT2D eigenvalue weighted by atomic mass is 9.75. The highest BCUT2D eigenvalue weighted by Gasteiger charge is 2.34. The van der Waals surface area contributed by atoms with Gasteiger partial charge in [0, 0.05) is 37.2 Å². The summed E-state index contributed by atoms with van der Waals surface area (Å²) in [5, 5.41) is 14.6. The van der Waals surface area contributed by atoms with Crippen molar-refractivity contribution in [3.8, 4) is 23.1 Å². The first-order chi connectivity index (χ1) is 20.8. The van der Waals surface area contributed by atoms with Gasteiger partial charge < -0.3 is 9.64 Å². The van der Waals surface area contributed by atoms with E-state index in [0.29, 0.717) is 46.1 Å². The number of aromatic nitrogens is 4. The zero-order valence-corrected chi connectivity index (χ0v) is 25.5. The van der Waals surface area contributed by atoms with Crippen molar-refractivity contribution in [2.24, 2.45) is 5.41 Å². The fourth-order valence-electron chi connectivity index (χ4n) is 6.29. The first kappa shape index (κ1) is 29.1. The number of hydrogen-bond acceptors (Lipinski definition) is 8. The van der Waals surface area contributed by atoms with Crippen LogP contribution in [-0.4, -0.2) is 69.6 Å². The fraction of sp³-hybridized carbons (Fsp3) is 0.424. The second-order valence-corrected chi connectivity index (χ2v) is 12.4. The van der Waals surface area contributed by atoms with Crippen molar-refractivity contribution in [2.75, 3.05) is 44.2 Å². The number of benzene rings is 1. The van der Waals surface area contributed by atoms with E-state index in [1.54, 1.807) is 29.2 Å². The summed E-state index contributed by atoms with van der Waals surface area (Å²) in [6, 6.07) is 9.77. The quantitative estimate of drug-likeness (QED) is 0.217. The number of ketones is 1. The predicted octanol–water partition coefficient (Wildman–Crippen LogP) is 5.98. The number of anilines is 1. The van der Waals surface area contributed by atoms with Crippen molar-refractivity contribution >= 4 is 28.7 Å². The van der Waals surface area contributed by atoms with E-state index in [-0.39, 0.29) is 11.2 Å². The lowest BCUT2D eigenvalue weighted by molar-refractivity contribution is 0.0898. The third-order valence-corrected chi connectivity index (χ3v) is 9.19. The van der Waals surface area contributed by atoms with Gasteiger partial charge in [0.25, 0.3) is 0 Å². The molecule has 6 rings (SSSR count). The van der Waals surface area contributed by atoms with E-state index >= 15 is 0 Å². The molecule has 2 fully saturated rings. The Kier molecular flexibility index (Phi) is 8.33. The standard InChI is InChI=1S/C33H36ClN7O2/c1-23-6-5-7-27(34)31(23)29(42)17-33(2)8-12-40(13-9-33)30-21-36-28(20-37-30)26-16-25(43-15-14-39-10-3-4-11-39)22-41-32(26)24(18-35)19-38-41/h5-7,16,19-22H,3-4,8-15,17H2,1-2H3. The molecule has 0 saturated carbocycles. The van der Waals surface area contributed by atoms with E-state index in [0.717, 1.165) is 62.5 Å². The molecular weight excluding hydrogens is 562 g/mol. The molecule has 0 unspecified atom stereocenters. The molecule has 1 aromatic carbocycles. The Morgan fingerprint density at radius 2 is 1.91 bits per heavy atom. The van der Waals surface area contributed by atoms with E-state index in [4.69, 9.17) is 26.3 Å². The Bertz CT molecular complexity index is 1640. The molecule has 4 aromatic rings. The highest BCUT2D eigenvalue weighted by Crippen LogP contribution is 2.38. The molecule has 0 bridgehead atoms. The minimum absolute atomic E-state index is 0.105. The maximum absolute atomic E-state index is 13.2. The molecule has 222 valence electrons. The Morgan fingerprint density at radius 1 is 1.12 bits per heavy atom. The highest BCUT2D eigenvalue weighted by molar-refractivity contribution is 6.34. The number of hydrogen-bond donors (Lipinski definition) is 0. The zero-order chi connectivity index (χ0) is 30.0. The van der Waals surface area contributed by atoms with Crippen molar-refractivity contribution in [1.82, 2.24) is 24.5 Å². The van der Waals surface area contributed by atoms with Crippen LogP contribution >= 0.6 is 11.6 Å². The molecule has 0 radical (unpaired) electrons. The normalized spacial score (nSPS) is 16.8. The summed E-state index contributed by atoms with van der Waals surface area (Å²) in [5.74, 6) is 1.58. The summed E-state index contributed by atoms with van der Waals surface area (Å²) in [6.07, 6.45) is 11.6. The number of nitriles is 1. The highest BCUT2D eigenvalue weighted by atomic mass is 35.5. The van der Waals surface area contributed by atoms with E-state index in [1.165, 1.54) is 12.8 Å². The van der Waals surface area contributed by atoms with Crippen molar-refractivity contribution < 1.29 is 9.53 Å². The Labute approximate surface area is 257 Å². The van der Waals surface area contributed by atoms with Crippen LogP contribution < -0.4 is 9.64 Å². The molecular formula is C33H36ClN7O2. The van der Waals surface area contributed by atoms with E-state index < -0.39 is 0 Å². The van der Waals surface area contributed by atoms with Gasteiger partial charge in [0.2, 0.25) is 0 Å². The summed E-state index contributed by atoms with van der Waals surface area (Å²) in [5.41, 5.74) is 4.02. The van der Waals surface area contributed by atoms with Crippen LogP contribution in [0.4, 0.5) is 5.82 Å². The number of nitrogens with zero attached hydrogens (tertiary/aromatic N) is 7. The first-order valence-electron chi connectivity index (χ1n) is 15.0. The van der Waals surface area contributed by atoms with Crippen molar-refractivity contribution in [3.63, 3.8) is 0 Å². The smallest absolute Gasteiger partial charge is 0.165 e. The molecule has 0 spiro atoms. The van der Waals surface area contributed by atoms with Gasteiger partial charge in [-0.25, -0.2) is 9.50 Å². The van der Waals surface area contributed by atoms with Gasteiger partial charge in [-0.15, -0.1) is 0 Å². The average molecular weight is 598 g/mol. The molecule has 0 N–H and O–H groups in total. The van der Waals surface area contributed by atoms with E-state index in [1.807, 2.05) is 31.3 Å². The molecule has 2 aliphatic heterocycles. The van der Waals surface area contributed by atoms with Crippen LogP contribution in [0, 0.1) is 23.7 Å². The van der Waals surface area contributed by atoms with Crippen LogP contribution in [-0.2, 0) is 0 Å². The number of carbonyl (C=O) groups is 1. The van der Waals surface area contributed by atoms with E-state index in [9.17, 15) is 10.1 Å². The summed E-state index contributed by atoms with van der Waals surface area (Å²) in [4.78, 5) is 27.4. The molecule has 2 saturated heterocycles. The molecule has 43 heavy (non-hydrogen) atoms. The topological polar surface area (TPSA) is 99.7 Å². The van der Waals surface area contributed by atoms with Gasteiger partial charge in [0.15, 0.2) is 5.78 Å². The third kappa shape index (κ3) is 6.22. The van der Waals surface area contributed by atoms with E-state index in [2.05, 4.69) is 27.9 Å². The summed E-state index contributed by atoms with van der Waals surface area (Å²) < 4.78 is 7.80. The monoisotopic (exact) mass is 597 g/mol. The summed E-state index contributed by atoms with van der Waals surface area (Å²) >= 11 is 6.37. The number of likely N-dealkylation sites (tertiary alicyclic amines) is 1. The minimum Gasteiger partial charge on any atom is -0.491 e. The van der Waals surface area contributed by atoms with Crippen LogP contribution in [0.25, 0.3) is 16.8 Å². The van der Waals surface area contributed by atoms with Crippen LogP contribution in [0.15, 0.2) is 49.1 Å². The van der Waals surface area contributed by atoms with Gasteiger partial charge in [-0.2, -0.15) is 10.4 Å². The number of halogens is 1. The molecule has 3 aromatic heterocycles. The molecule has 10 heteroatoms. The molecule has 0 amide bonds. The molecule has 0 atom stereocenters. The number of fused-ring (bicyclic) bond motifs is 1. The second-order valence-electron chi connectivity index (χ2n) is 12.0. The lowest BCUT2D eigenvalue weighted by Crippen LogP contribution is -2.40. The first-order valence-corrected chi connectivity index (χ1v) is 15.3. The average Bonchev–Trinajstić information content (AvgIpc) is 3.67. The van der Waals surface area contributed by atoms with Crippen LogP contribution in [0.3, 0.4) is 0 Å². The van der Waals surface area contributed by atoms with Gasteiger partial charge in [0.1, 0.15) is 24.2 Å². The maximum atomic E-state index is 13.2. The van der Waals surface area contributed by atoms with Gasteiger partial charge >= 0.3 is 0 Å². The van der Waals surface area contributed by atoms with Gasteiger partial charge in [-0.1, -0.05) is 30.7 Å². The molecule has 5 heterocycles. The SMILES string of the molecule is Cc1cccc(Cl)c1C(=O)CC1(C)CCN(c2cnc(-c3cc(OCCN4CCCC4)cn4ncc(C#N)c34)cn2)CC1. The second kappa shape index (κ2) is 12.3. The van der Waals surface area contributed by atoms with Crippen LogP contribution in [0.1, 0.15) is 60.5 Å². The van der Waals surface area contributed by atoms with Gasteiger partial charge in [-0.3, -0.25) is 14.7 Å². The Hall–Kier alpha value is -4.00. The number of piperidine rings is 1. The van der Waals surface area contributed by atoms with Gasteiger partial charge in [0.05, 0.1) is 46.6 Å². The van der Waals surface area contributed by atoms with Crippen molar-refractivity contribution in [2.45, 2.75) is 46.0 Å². The van der Waals surface area contributed by atoms with Crippen molar-refractivity contribution in [1.29, 1.82) is 5.26 Å². The van der Waals surface area contributed by atoms with Crippen LogP contribution in [0.2, 0.25) is 5.02 Å². The number of ether oxygens (including phenoxy) is 1. The number of aryl methyl sites for hydroxylation is 1. The molecule has 0 aliphatic carbocycles. The molecule has 9 nitrogen and oxygen atoms in total.